The van der Waals surface area contributed by atoms with E-state index >= 15 is 0 Å². The molecule has 15 heavy (non-hydrogen) atoms. The van der Waals surface area contributed by atoms with Crippen molar-refractivity contribution in [2.45, 2.75) is 19.9 Å². The molecule has 2 heterocycles. The van der Waals surface area contributed by atoms with E-state index in [9.17, 15) is 0 Å². The summed E-state index contributed by atoms with van der Waals surface area (Å²) >= 11 is 0. The van der Waals surface area contributed by atoms with E-state index in [0.717, 1.165) is 17.1 Å². The molecule has 0 unspecified atom stereocenters. The zero-order chi connectivity index (χ0) is 10.7. The molecule has 2 aromatic heterocycles. The number of aliphatic hydroxyl groups excluding tert-OH is 1. The number of nitrogens with zero attached hydrogens (tertiary/aromatic N) is 5. The van der Waals surface area contributed by atoms with Crippen LogP contribution in [0.15, 0.2) is 10.8 Å². The van der Waals surface area contributed by atoms with Crippen molar-refractivity contribution in [3.8, 4) is 0 Å². The van der Waals surface area contributed by atoms with Gasteiger partial charge in [-0.15, -0.1) is 5.10 Å². The lowest BCUT2D eigenvalue weighted by Gasteiger charge is -1.94. The Labute approximate surface area is 85.7 Å². The summed E-state index contributed by atoms with van der Waals surface area (Å²) in [5, 5.41) is 23.9. The van der Waals surface area contributed by atoms with Crippen LogP contribution < -0.4 is 0 Å². The summed E-state index contributed by atoms with van der Waals surface area (Å²) in [5.74, 6) is 0. The Hall–Kier alpha value is -1.76. The standard InChI is InChI=1S/C8H11N5O2/c1-6-8(11-15-10-6)5-13-4-7(2-3-14)9-12-13/h4,14H,2-3,5H2,1H3. The highest BCUT2D eigenvalue weighted by Crippen LogP contribution is 2.03. The molecule has 0 spiro atoms. The minimum absolute atomic E-state index is 0.0727. The Morgan fingerprint density at radius 2 is 2.33 bits per heavy atom. The second kappa shape index (κ2) is 4.18. The first kappa shape index (κ1) is 9.78. The van der Waals surface area contributed by atoms with Gasteiger partial charge < -0.3 is 5.11 Å². The van der Waals surface area contributed by atoms with Crippen molar-refractivity contribution in [2.24, 2.45) is 0 Å². The largest absolute Gasteiger partial charge is 0.396 e. The fourth-order valence-corrected chi connectivity index (χ4v) is 1.19. The minimum atomic E-state index is 0.0727. The molecule has 0 fully saturated rings. The molecule has 0 saturated heterocycles. The molecule has 1 N–H and O–H groups in total. The van der Waals surface area contributed by atoms with Crippen LogP contribution in [0.4, 0.5) is 0 Å². The highest BCUT2D eigenvalue weighted by atomic mass is 16.6. The highest BCUT2D eigenvalue weighted by molar-refractivity contribution is 5.05. The highest BCUT2D eigenvalue weighted by Gasteiger charge is 2.07. The maximum Gasteiger partial charge on any atom is 0.129 e. The fourth-order valence-electron chi connectivity index (χ4n) is 1.19. The Morgan fingerprint density at radius 1 is 1.47 bits per heavy atom. The van der Waals surface area contributed by atoms with Crippen LogP contribution in [0.5, 0.6) is 0 Å². The van der Waals surface area contributed by atoms with Crippen molar-refractivity contribution in [1.29, 1.82) is 0 Å². The summed E-state index contributed by atoms with van der Waals surface area (Å²) in [7, 11) is 0. The molecule has 7 nitrogen and oxygen atoms in total. The number of hydrogen-bond donors (Lipinski definition) is 1. The van der Waals surface area contributed by atoms with Crippen LogP contribution in [0, 0.1) is 6.92 Å². The van der Waals surface area contributed by atoms with Crippen LogP contribution in [-0.4, -0.2) is 37.0 Å². The first-order valence-corrected chi connectivity index (χ1v) is 4.57. The first-order valence-electron chi connectivity index (χ1n) is 4.57. The Bertz CT molecular complexity index is 436. The zero-order valence-corrected chi connectivity index (χ0v) is 8.29. The first-order chi connectivity index (χ1) is 7.29. The summed E-state index contributed by atoms with van der Waals surface area (Å²) < 4.78 is 6.21. The molecule has 0 bridgehead atoms. The lowest BCUT2D eigenvalue weighted by Crippen LogP contribution is -2.02. The molecule has 2 aromatic rings. The molecule has 0 atom stereocenters. The van der Waals surface area contributed by atoms with Gasteiger partial charge in [0.1, 0.15) is 11.4 Å². The molecule has 2 rings (SSSR count). The maximum absolute atomic E-state index is 8.72. The third-order valence-electron chi connectivity index (χ3n) is 2.01. The smallest absolute Gasteiger partial charge is 0.129 e. The van der Waals surface area contributed by atoms with Gasteiger partial charge in [0.15, 0.2) is 0 Å². The topological polar surface area (TPSA) is 89.9 Å². The van der Waals surface area contributed by atoms with Gasteiger partial charge in [-0.25, -0.2) is 9.31 Å². The van der Waals surface area contributed by atoms with Crippen molar-refractivity contribution in [1.82, 2.24) is 25.3 Å². The predicted octanol–water partition coefficient (Wildman–Crippen LogP) is -0.447. The summed E-state index contributed by atoms with van der Waals surface area (Å²) in [5.41, 5.74) is 2.23. The van der Waals surface area contributed by atoms with Crippen LogP contribution >= 0.6 is 0 Å². The minimum Gasteiger partial charge on any atom is -0.396 e. The Morgan fingerprint density at radius 3 is 3.00 bits per heavy atom. The van der Waals surface area contributed by atoms with E-state index in [0.29, 0.717) is 13.0 Å². The predicted molar refractivity (Wildman–Crippen MR) is 48.9 cm³/mol. The third kappa shape index (κ3) is 2.18. The molecule has 0 aliphatic carbocycles. The average molecular weight is 209 g/mol. The number of rotatable bonds is 4. The fraction of sp³-hybridized carbons (Fsp3) is 0.500. The lowest BCUT2D eigenvalue weighted by atomic mass is 10.3. The van der Waals surface area contributed by atoms with E-state index in [2.05, 4.69) is 25.3 Å². The lowest BCUT2D eigenvalue weighted by molar-refractivity contribution is 0.298. The quantitative estimate of drug-likeness (QED) is 0.733. The van der Waals surface area contributed by atoms with E-state index < -0.39 is 0 Å². The van der Waals surface area contributed by atoms with Crippen LogP contribution in [0.3, 0.4) is 0 Å². The molecule has 0 radical (unpaired) electrons. The SMILES string of the molecule is Cc1nonc1Cn1cc(CCO)nn1. The summed E-state index contributed by atoms with van der Waals surface area (Å²) in [6.45, 7) is 2.37. The molecular weight excluding hydrogens is 198 g/mol. The van der Waals surface area contributed by atoms with Crippen LogP contribution in [0.25, 0.3) is 0 Å². The third-order valence-corrected chi connectivity index (χ3v) is 2.01. The zero-order valence-electron chi connectivity index (χ0n) is 8.29. The normalized spacial score (nSPS) is 10.8. The second-order valence-electron chi connectivity index (χ2n) is 3.18. The number of aromatic nitrogens is 5. The van der Waals surface area contributed by atoms with E-state index in [1.54, 1.807) is 10.9 Å². The number of hydrogen-bond acceptors (Lipinski definition) is 6. The van der Waals surface area contributed by atoms with Crippen molar-refractivity contribution in [3.63, 3.8) is 0 Å². The van der Waals surface area contributed by atoms with Gasteiger partial charge in [0, 0.05) is 19.2 Å². The van der Waals surface area contributed by atoms with Gasteiger partial charge in [-0.2, -0.15) is 0 Å². The van der Waals surface area contributed by atoms with Crippen LogP contribution in [0.1, 0.15) is 17.1 Å². The van der Waals surface area contributed by atoms with Gasteiger partial charge in [-0.1, -0.05) is 15.5 Å². The van der Waals surface area contributed by atoms with Gasteiger partial charge in [-0.3, -0.25) is 0 Å². The molecular formula is C8H11N5O2. The summed E-state index contributed by atoms with van der Waals surface area (Å²) in [4.78, 5) is 0. The van der Waals surface area contributed by atoms with E-state index in [1.807, 2.05) is 6.92 Å². The molecule has 0 amide bonds. The molecule has 0 aliphatic heterocycles. The van der Waals surface area contributed by atoms with Crippen LogP contribution in [-0.2, 0) is 13.0 Å². The Kier molecular flexibility index (Phi) is 2.72. The molecule has 0 aliphatic rings. The van der Waals surface area contributed by atoms with Gasteiger partial charge in [0.25, 0.3) is 0 Å². The van der Waals surface area contributed by atoms with Crippen molar-refractivity contribution in [3.05, 3.63) is 23.3 Å². The molecule has 0 saturated carbocycles. The van der Waals surface area contributed by atoms with Crippen LogP contribution in [0.2, 0.25) is 0 Å². The van der Waals surface area contributed by atoms with Gasteiger partial charge in [0.2, 0.25) is 0 Å². The van der Waals surface area contributed by atoms with E-state index in [-0.39, 0.29) is 6.61 Å². The van der Waals surface area contributed by atoms with Crippen molar-refractivity contribution < 1.29 is 9.74 Å². The van der Waals surface area contributed by atoms with Crippen molar-refractivity contribution in [2.75, 3.05) is 6.61 Å². The molecule has 7 heteroatoms. The van der Waals surface area contributed by atoms with Crippen molar-refractivity contribution >= 4 is 0 Å². The Balaban J connectivity index is 2.08. The number of aliphatic hydroxyl groups is 1. The van der Waals surface area contributed by atoms with Gasteiger partial charge in [0.05, 0.1) is 12.2 Å². The maximum atomic E-state index is 8.72. The van der Waals surface area contributed by atoms with E-state index in [1.165, 1.54) is 0 Å². The summed E-state index contributed by atoms with van der Waals surface area (Å²) in [6.07, 6.45) is 2.28. The summed E-state index contributed by atoms with van der Waals surface area (Å²) in [6, 6.07) is 0. The monoisotopic (exact) mass is 209 g/mol. The number of aryl methyl sites for hydroxylation is 1. The van der Waals surface area contributed by atoms with Gasteiger partial charge in [-0.05, 0) is 6.92 Å². The molecule has 0 aromatic carbocycles. The average Bonchev–Trinajstić information content (AvgIpc) is 2.79. The second-order valence-corrected chi connectivity index (χ2v) is 3.18. The van der Waals surface area contributed by atoms with E-state index in [4.69, 9.17) is 5.11 Å². The molecule has 80 valence electrons. The van der Waals surface area contributed by atoms with Gasteiger partial charge >= 0.3 is 0 Å².